The van der Waals surface area contributed by atoms with Crippen molar-refractivity contribution < 1.29 is 19.1 Å². The van der Waals surface area contributed by atoms with Gasteiger partial charge in [-0.25, -0.2) is 4.79 Å². The Morgan fingerprint density at radius 1 is 1.05 bits per heavy atom. The van der Waals surface area contributed by atoms with E-state index in [1.165, 1.54) is 0 Å². The van der Waals surface area contributed by atoms with Crippen LogP contribution in [-0.2, 0) is 14.4 Å². The van der Waals surface area contributed by atoms with E-state index in [1.54, 1.807) is 24.3 Å². The number of nitrogens with zero attached hydrogens (tertiary/aromatic N) is 1. The molecule has 0 bridgehead atoms. The van der Waals surface area contributed by atoms with Crippen LogP contribution in [0.3, 0.4) is 0 Å². The maximum atomic E-state index is 12.2. The second kappa shape index (κ2) is 5.52. The summed E-state index contributed by atoms with van der Waals surface area (Å²) in [5.74, 6) is -1.35. The highest BCUT2D eigenvalue weighted by Crippen LogP contribution is 2.34. The molecule has 1 aliphatic carbocycles. The molecule has 0 spiro atoms. The van der Waals surface area contributed by atoms with E-state index >= 15 is 0 Å². The lowest BCUT2D eigenvalue weighted by Crippen LogP contribution is -2.37. The monoisotopic (exact) mass is 285 g/mol. The van der Waals surface area contributed by atoms with Crippen LogP contribution >= 0.6 is 0 Å². The van der Waals surface area contributed by atoms with Crippen molar-refractivity contribution in [3.05, 3.63) is 42.5 Å². The molecule has 1 aromatic carbocycles. The zero-order valence-electron chi connectivity index (χ0n) is 11.4. The van der Waals surface area contributed by atoms with Gasteiger partial charge in [-0.05, 0) is 25.0 Å². The Bertz CT molecular complexity index is 582. The van der Waals surface area contributed by atoms with Crippen LogP contribution in [0.25, 0.3) is 0 Å². The number of rotatable bonds is 3. The predicted octanol–water partition coefficient (Wildman–Crippen LogP) is 1.54. The van der Waals surface area contributed by atoms with E-state index in [1.807, 2.05) is 18.2 Å². The molecule has 5 nitrogen and oxygen atoms in total. The molecule has 1 aromatic rings. The standard InChI is InChI=1S/C16H15NO4/c18-14(21-11-6-2-1-3-7-11)10-17-15(19)12-8-4-5-9-13(12)16(17)20/h1-7,12-13H,8-10H2/t12-,13-/m1/s1. The van der Waals surface area contributed by atoms with Gasteiger partial charge in [0.1, 0.15) is 12.3 Å². The molecule has 1 aliphatic heterocycles. The van der Waals surface area contributed by atoms with Gasteiger partial charge in [0.05, 0.1) is 11.8 Å². The number of likely N-dealkylation sites (tertiary alicyclic amines) is 1. The van der Waals surface area contributed by atoms with Gasteiger partial charge in [-0.1, -0.05) is 30.4 Å². The quantitative estimate of drug-likeness (QED) is 0.366. The third kappa shape index (κ3) is 2.59. The first-order valence-electron chi connectivity index (χ1n) is 6.93. The first-order valence-corrected chi connectivity index (χ1v) is 6.93. The van der Waals surface area contributed by atoms with Gasteiger partial charge in [0, 0.05) is 0 Å². The maximum Gasteiger partial charge on any atom is 0.331 e. The highest BCUT2D eigenvalue weighted by atomic mass is 16.5. The summed E-state index contributed by atoms with van der Waals surface area (Å²) in [5, 5.41) is 0. The molecule has 2 amide bonds. The number of esters is 1. The number of hydrogen-bond acceptors (Lipinski definition) is 4. The number of amides is 2. The smallest absolute Gasteiger partial charge is 0.331 e. The Kier molecular flexibility index (Phi) is 3.56. The zero-order chi connectivity index (χ0) is 14.8. The lowest BCUT2D eigenvalue weighted by Gasteiger charge is -2.14. The lowest BCUT2D eigenvalue weighted by atomic mass is 9.85. The number of hydrogen-bond donors (Lipinski definition) is 0. The number of para-hydroxylation sites is 1. The van der Waals surface area contributed by atoms with Crippen molar-refractivity contribution >= 4 is 17.8 Å². The summed E-state index contributed by atoms with van der Waals surface area (Å²) in [6.45, 7) is -0.320. The van der Waals surface area contributed by atoms with Gasteiger partial charge < -0.3 is 4.74 Å². The van der Waals surface area contributed by atoms with Gasteiger partial charge >= 0.3 is 5.97 Å². The van der Waals surface area contributed by atoms with E-state index < -0.39 is 5.97 Å². The summed E-state index contributed by atoms with van der Waals surface area (Å²) in [4.78, 5) is 37.3. The number of fused-ring (bicyclic) bond motifs is 1. The van der Waals surface area contributed by atoms with E-state index in [-0.39, 0.29) is 30.2 Å². The molecule has 1 saturated heterocycles. The Morgan fingerprint density at radius 3 is 2.19 bits per heavy atom. The largest absolute Gasteiger partial charge is 0.425 e. The number of benzene rings is 1. The van der Waals surface area contributed by atoms with Crippen molar-refractivity contribution in [3.8, 4) is 5.75 Å². The Hall–Kier alpha value is -2.43. The normalized spacial score (nSPS) is 24.1. The minimum absolute atomic E-state index is 0.264. The molecule has 3 rings (SSSR count). The van der Waals surface area contributed by atoms with Crippen molar-refractivity contribution in [1.82, 2.24) is 4.90 Å². The van der Waals surface area contributed by atoms with Crippen LogP contribution in [0.5, 0.6) is 5.75 Å². The van der Waals surface area contributed by atoms with Gasteiger partial charge in [0.25, 0.3) is 0 Å². The number of carbonyl (C=O) groups is 3. The van der Waals surface area contributed by atoms with Crippen molar-refractivity contribution in [1.29, 1.82) is 0 Å². The van der Waals surface area contributed by atoms with Gasteiger partial charge in [0.2, 0.25) is 11.8 Å². The fraction of sp³-hybridized carbons (Fsp3) is 0.312. The number of carbonyl (C=O) groups excluding carboxylic acids is 3. The molecule has 5 heteroatoms. The minimum atomic E-state index is -0.602. The molecule has 0 N–H and O–H groups in total. The van der Waals surface area contributed by atoms with Crippen molar-refractivity contribution in [2.24, 2.45) is 11.8 Å². The molecule has 0 unspecified atom stereocenters. The summed E-state index contributed by atoms with van der Waals surface area (Å²) in [5.41, 5.74) is 0. The van der Waals surface area contributed by atoms with Crippen LogP contribution < -0.4 is 4.74 Å². The topological polar surface area (TPSA) is 63.7 Å². The number of imide groups is 1. The predicted molar refractivity (Wildman–Crippen MR) is 74.2 cm³/mol. The molecule has 0 radical (unpaired) electrons. The number of ether oxygens (including phenoxy) is 1. The van der Waals surface area contributed by atoms with Crippen LogP contribution in [0.1, 0.15) is 12.8 Å². The van der Waals surface area contributed by atoms with E-state index in [9.17, 15) is 14.4 Å². The fourth-order valence-electron chi connectivity index (χ4n) is 2.81. The molecule has 21 heavy (non-hydrogen) atoms. The third-order valence-electron chi connectivity index (χ3n) is 3.86. The van der Waals surface area contributed by atoms with Crippen molar-refractivity contribution in [2.45, 2.75) is 12.8 Å². The first-order chi connectivity index (χ1) is 10.2. The number of allylic oxidation sites excluding steroid dienone is 2. The molecule has 108 valence electrons. The summed E-state index contributed by atoms with van der Waals surface area (Å²) >= 11 is 0. The van der Waals surface area contributed by atoms with Gasteiger partial charge in [0.15, 0.2) is 0 Å². The molecule has 0 aromatic heterocycles. The molecule has 2 aliphatic rings. The summed E-state index contributed by atoms with van der Waals surface area (Å²) in [7, 11) is 0. The summed E-state index contributed by atoms with van der Waals surface area (Å²) < 4.78 is 5.13. The lowest BCUT2D eigenvalue weighted by molar-refractivity contribution is -0.148. The Balaban J connectivity index is 1.66. The highest BCUT2D eigenvalue weighted by molar-refractivity contribution is 6.07. The van der Waals surface area contributed by atoms with Gasteiger partial charge in [-0.15, -0.1) is 0 Å². The Labute approximate surface area is 122 Å². The van der Waals surface area contributed by atoms with Crippen molar-refractivity contribution in [2.75, 3.05) is 6.54 Å². The molecular formula is C16H15NO4. The molecule has 1 heterocycles. The van der Waals surface area contributed by atoms with Gasteiger partial charge in [-0.3, -0.25) is 14.5 Å². The van der Waals surface area contributed by atoms with Crippen LogP contribution in [0.4, 0.5) is 0 Å². The van der Waals surface area contributed by atoms with Crippen LogP contribution in [0, 0.1) is 11.8 Å². The SMILES string of the molecule is O=C(CN1C(=O)[C@@H]2CC=CC[C@H]2C1=O)Oc1ccccc1. The Morgan fingerprint density at radius 2 is 1.62 bits per heavy atom. The minimum Gasteiger partial charge on any atom is -0.425 e. The molecular weight excluding hydrogens is 270 g/mol. The zero-order valence-corrected chi connectivity index (χ0v) is 11.4. The van der Waals surface area contributed by atoms with Crippen LogP contribution in [0.2, 0.25) is 0 Å². The van der Waals surface area contributed by atoms with Gasteiger partial charge in [-0.2, -0.15) is 0 Å². The average Bonchev–Trinajstić information content (AvgIpc) is 2.74. The maximum absolute atomic E-state index is 12.2. The first kappa shape index (κ1) is 13.5. The van der Waals surface area contributed by atoms with E-state index in [2.05, 4.69) is 0 Å². The van der Waals surface area contributed by atoms with Crippen molar-refractivity contribution in [3.63, 3.8) is 0 Å². The molecule has 1 fully saturated rings. The third-order valence-corrected chi connectivity index (χ3v) is 3.86. The summed E-state index contributed by atoms with van der Waals surface area (Å²) in [6.07, 6.45) is 4.97. The van der Waals surface area contributed by atoms with E-state index in [0.29, 0.717) is 18.6 Å². The van der Waals surface area contributed by atoms with E-state index in [0.717, 1.165) is 4.90 Å². The average molecular weight is 285 g/mol. The van der Waals surface area contributed by atoms with Crippen LogP contribution in [0.15, 0.2) is 42.5 Å². The van der Waals surface area contributed by atoms with Crippen LogP contribution in [-0.4, -0.2) is 29.2 Å². The second-order valence-corrected chi connectivity index (χ2v) is 5.21. The summed E-state index contributed by atoms with van der Waals surface area (Å²) in [6, 6.07) is 8.59. The fourth-order valence-corrected chi connectivity index (χ4v) is 2.81. The molecule has 2 atom stereocenters. The molecule has 0 saturated carbocycles. The second-order valence-electron chi connectivity index (χ2n) is 5.21. The highest BCUT2D eigenvalue weighted by Gasteiger charge is 2.47. The van der Waals surface area contributed by atoms with E-state index in [4.69, 9.17) is 4.74 Å².